The van der Waals surface area contributed by atoms with Crippen LogP contribution < -0.4 is 5.32 Å². The zero-order chi connectivity index (χ0) is 12.5. The number of likely N-dealkylation sites (N-methyl/N-ethyl adjacent to an activating group) is 1. The third-order valence-corrected chi connectivity index (χ3v) is 2.46. The van der Waals surface area contributed by atoms with Crippen LogP contribution >= 0.6 is 0 Å². The average Bonchev–Trinajstić information content (AvgIpc) is 2.36. The summed E-state index contributed by atoms with van der Waals surface area (Å²) in [5.41, 5.74) is 1.13. The molecule has 0 saturated carbocycles. The zero-order valence-corrected chi connectivity index (χ0v) is 10.5. The Balaban J connectivity index is 2.59. The summed E-state index contributed by atoms with van der Waals surface area (Å²) < 4.78 is 5.02. The van der Waals surface area contributed by atoms with Crippen LogP contribution in [0, 0.1) is 0 Å². The minimum atomic E-state index is 0.0911. The number of carbonyl (C=O) groups is 1. The number of methoxy groups -OCH3 is 1. The second-order valence-corrected chi connectivity index (χ2v) is 3.82. The lowest BCUT2D eigenvalue weighted by atomic mass is 10.2. The summed E-state index contributed by atoms with van der Waals surface area (Å²) in [5.74, 6) is 0.0911. The fraction of sp³-hybridized carbons (Fsp3) is 0.462. The van der Waals surface area contributed by atoms with Gasteiger partial charge in [0.15, 0.2) is 0 Å². The highest BCUT2D eigenvalue weighted by Crippen LogP contribution is 2.04. The number of amides is 1. The number of ether oxygens (including phenoxy) is 1. The first kappa shape index (κ1) is 13.7. The van der Waals surface area contributed by atoms with E-state index in [9.17, 15) is 4.79 Å². The molecule has 4 heteroatoms. The van der Waals surface area contributed by atoms with Crippen LogP contribution in [0.3, 0.4) is 0 Å². The monoisotopic (exact) mass is 236 g/mol. The van der Waals surface area contributed by atoms with Gasteiger partial charge in [0, 0.05) is 20.2 Å². The summed E-state index contributed by atoms with van der Waals surface area (Å²) in [4.78, 5) is 13.7. The molecule has 0 radical (unpaired) electrons. The Morgan fingerprint density at radius 2 is 2.06 bits per heavy atom. The first-order valence-electron chi connectivity index (χ1n) is 5.73. The van der Waals surface area contributed by atoms with E-state index in [1.807, 2.05) is 30.3 Å². The first-order chi connectivity index (χ1) is 8.27. The number of nitrogens with one attached hydrogen (secondary N) is 1. The van der Waals surface area contributed by atoms with E-state index in [1.165, 1.54) is 0 Å². The van der Waals surface area contributed by atoms with Gasteiger partial charge in [-0.2, -0.15) is 0 Å². The van der Waals surface area contributed by atoms with Crippen LogP contribution in [-0.2, 0) is 16.1 Å². The largest absolute Gasteiger partial charge is 0.383 e. The summed E-state index contributed by atoms with van der Waals surface area (Å²) in [6, 6.07) is 9.97. The van der Waals surface area contributed by atoms with Crippen molar-refractivity contribution in [2.24, 2.45) is 0 Å². The maximum absolute atomic E-state index is 11.9. The molecule has 0 spiro atoms. The van der Waals surface area contributed by atoms with Gasteiger partial charge in [0.05, 0.1) is 13.2 Å². The highest BCUT2D eigenvalue weighted by atomic mass is 16.5. The van der Waals surface area contributed by atoms with Crippen molar-refractivity contribution < 1.29 is 9.53 Å². The predicted octanol–water partition coefficient (Wildman–Crippen LogP) is 0.881. The van der Waals surface area contributed by atoms with Crippen molar-refractivity contribution >= 4 is 5.91 Å². The molecule has 1 aromatic carbocycles. The van der Waals surface area contributed by atoms with Gasteiger partial charge in [0.2, 0.25) is 5.91 Å². The van der Waals surface area contributed by atoms with Crippen molar-refractivity contribution in [1.82, 2.24) is 10.2 Å². The maximum Gasteiger partial charge on any atom is 0.236 e. The van der Waals surface area contributed by atoms with Crippen molar-refractivity contribution in [1.29, 1.82) is 0 Å². The molecule has 0 aliphatic carbocycles. The third-order valence-electron chi connectivity index (χ3n) is 2.46. The molecule has 0 atom stereocenters. The number of nitrogens with zero attached hydrogens (tertiary/aromatic N) is 1. The lowest BCUT2D eigenvalue weighted by Crippen LogP contribution is -2.38. The molecule has 0 heterocycles. The van der Waals surface area contributed by atoms with Gasteiger partial charge < -0.3 is 15.0 Å². The van der Waals surface area contributed by atoms with Gasteiger partial charge in [0.1, 0.15) is 0 Å². The Kier molecular flexibility index (Phi) is 6.29. The Morgan fingerprint density at radius 1 is 1.35 bits per heavy atom. The van der Waals surface area contributed by atoms with Gasteiger partial charge in [-0.05, 0) is 12.6 Å². The zero-order valence-electron chi connectivity index (χ0n) is 10.5. The number of rotatable bonds is 7. The quantitative estimate of drug-likeness (QED) is 0.764. The molecule has 0 aliphatic heterocycles. The van der Waals surface area contributed by atoms with E-state index in [-0.39, 0.29) is 5.91 Å². The molecule has 94 valence electrons. The Morgan fingerprint density at radius 3 is 2.65 bits per heavy atom. The lowest BCUT2D eigenvalue weighted by Gasteiger charge is -2.22. The highest BCUT2D eigenvalue weighted by Gasteiger charge is 2.12. The van der Waals surface area contributed by atoms with Gasteiger partial charge in [-0.25, -0.2) is 0 Å². The van der Waals surface area contributed by atoms with Crippen LogP contribution in [0.4, 0.5) is 0 Å². The molecule has 0 unspecified atom stereocenters. The van der Waals surface area contributed by atoms with Gasteiger partial charge in [-0.1, -0.05) is 30.3 Å². The van der Waals surface area contributed by atoms with Crippen LogP contribution in [0.5, 0.6) is 0 Å². The predicted molar refractivity (Wildman–Crippen MR) is 67.7 cm³/mol. The molecule has 1 rings (SSSR count). The van der Waals surface area contributed by atoms with E-state index in [4.69, 9.17) is 4.74 Å². The minimum Gasteiger partial charge on any atom is -0.383 e. The standard InChI is InChI=1S/C13H20N2O2/c1-14-10-13(16)15(8-9-17-2)11-12-6-4-3-5-7-12/h3-7,14H,8-11H2,1-2H3. The van der Waals surface area contributed by atoms with E-state index in [1.54, 1.807) is 19.1 Å². The topological polar surface area (TPSA) is 41.6 Å². The van der Waals surface area contributed by atoms with Crippen molar-refractivity contribution in [3.63, 3.8) is 0 Å². The molecule has 1 N–H and O–H groups in total. The van der Waals surface area contributed by atoms with E-state index in [0.717, 1.165) is 5.56 Å². The summed E-state index contributed by atoms with van der Waals surface area (Å²) in [6.45, 7) is 2.16. The Bertz CT molecular complexity index is 327. The van der Waals surface area contributed by atoms with Crippen molar-refractivity contribution in [2.45, 2.75) is 6.54 Å². The first-order valence-corrected chi connectivity index (χ1v) is 5.73. The van der Waals surface area contributed by atoms with E-state index >= 15 is 0 Å². The molecule has 17 heavy (non-hydrogen) atoms. The molecule has 0 aromatic heterocycles. The van der Waals surface area contributed by atoms with E-state index < -0.39 is 0 Å². The Hall–Kier alpha value is -1.39. The van der Waals surface area contributed by atoms with Crippen LogP contribution in [0.15, 0.2) is 30.3 Å². The molecule has 0 fully saturated rings. The van der Waals surface area contributed by atoms with Crippen LogP contribution in [0.25, 0.3) is 0 Å². The van der Waals surface area contributed by atoms with Crippen molar-refractivity contribution in [3.8, 4) is 0 Å². The third kappa shape index (κ3) is 4.97. The molecular weight excluding hydrogens is 216 g/mol. The average molecular weight is 236 g/mol. The van der Waals surface area contributed by atoms with Crippen molar-refractivity contribution in [3.05, 3.63) is 35.9 Å². The Labute approximate surface area is 103 Å². The molecule has 4 nitrogen and oxygen atoms in total. The molecular formula is C13H20N2O2. The summed E-state index contributed by atoms with van der Waals surface area (Å²) in [6.07, 6.45) is 0. The molecule has 0 aliphatic rings. The van der Waals surface area contributed by atoms with E-state index in [0.29, 0.717) is 26.2 Å². The number of hydrogen-bond donors (Lipinski definition) is 1. The number of carbonyl (C=O) groups excluding carboxylic acids is 1. The smallest absolute Gasteiger partial charge is 0.236 e. The van der Waals surface area contributed by atoms with Crippen LogP contribution in [0.1, 0.15) is 5.56 Å². The van der Waals surface area contributed by atoms with E-state index in [2.05, 4.69) is 5.32 Å². The second-order valence-electron chi connectivity index (χ2n) is 3.82. The van der Waals surface area contributed by atoms with Crippen molar-refractivity contribution in [2.75, 3.05) is 33.9 Å². The van der Waals surface area contributed by atoms with Gasteiger partial charge in [-0.3, -0.25) is 4.79 Å². The highest BCUT2D eigenvalue weighted by molar-refractivity contribution is 5.78. The lowest BCUT2D eigenvalue weighted by molar-refractivity contribution is -0.131. The SMILES string of the molecule is CNCC(=O)N(CCOC)Cc1ccccc1. The summed E-state index contributed by atoms with van der Waals surface area (Å²) >= 11 is 0. The molecule has 1 amide bonds. The molecule has 0 saturated heterocycles. The fourth-order valence-corrected chi connectivity index (χ4v) is 1.56. The van der Waals surface area contributed by atoms with Crippen LogP contribution in [-0.4, -0.2) is 44.7 Å². The van der Waals surface area contributed by atoms with Gasteiger partial charge >= 0.3 is 0 Å². The van der Waals surface area contributed by atoms with Gasteiger partial charge in [-0.15, -0.1) is 0 Å². The minimum absolute atomic E-state index is 0.0911. The number of benzene rings is 1. The van der Waals surface area contributed by atoms with Gasteiger partial charge in [0.25, 0.3) is 0 Å². The molecule has 0 bridgehead atoms. The second kappa shape index (κ2) is 7.81. The summed E-state index contributed by atoms with van der Waals surface area (Å²) in [5, 5.41) is 2.88. The molecule has 1 aromatic rings. The maximum atomic E-state index is 11.9. The number of hydrogen-bond acceptors (Lipinski definition) is 3. The van der Waals surface area contributed by atoms with Crippen LogP contribution in [0.2, 0.25) is 0 Å². The fourth-order valence-electron chi connectivity index (χ4n) is 1.56. The normalized spacial score (nSPS) is 10.2. The summed E-state index contributed by atoms with van der Waals surface area (Å²) in [7, 11) is 3.41.